The lowest BCUT2D eigenvalue weighted by molar-refractivity contribution is -0.147. The Bertz CT molecular complexity index is 1020. The third-order valence-electron chi connectivity index (χ3n) is 7.67. The monoisotopic (exact) mass is 493 g/mol. The molecule has 0 aliphatic carbocycles. The van der Waals surface area contributed by atoms with E-state index in [-0.39, 0.29) is 18.2 Å². The van der Waals surface area contributed by atoms with Crippen molar-refractivity contribution in [1.29, 1.82) is 0 Å². The van der Waals surface area contributed by atoms with Crippen LogP contribution in [0.2, 0.25) is 0 Å². The first-order chi connectivity index (χ1) is 17.7. The van der Waals surface area contributed by atoms with E-state index in [1.54, 1.807) is 0 Å². The van der Waals surface area contributed by atoms with Crippen LogP contribution in [0.4, 0.5) is 5.82 Å². The number of benzene rings is 1. The summed E-state index contributed by atoms with van der Waals surface area (Å²) in [6.45, 7) is 4.08. The summed E-state index contributed by atoms with van der Waals surface area (Å²) in [6, 6.07) is 12.1. The highest BCUT2D eigenvalue weighted by Gasteiger charge is 2.37. The van der Waals surface area contributed by atoms with E-state index >= 15 is 0 Å². The minimum atomic E-state index is -0.423. The summed E-state index contributed by atoms with van der Waals surface area (Å²) in [6.07, 6.45) is 8.51. The third-order valence-corrected chi connectivity index (χ3v) is 7.67. The second-order valence-corrected chi connectivity index (χ2v) is 10.1. The Hall–Kier alpha value is -2.48. The molecule has 2 saturated heterocycles. The maximum Gasteiger partial charge on any atom is 0.327 e. The lowest BCUT2D eigenvalue weighted by atomic mass is 9.94. The van der Waals surface area contributed by atoms with E-state index in [0.717, 1.165) is 100 Å². The van der Waals surface area contributed by atoms with Crippen LogP contribution in [-0.4, -0.2) is 61.9 Å². The molecular weight excluding hydrogens is 454 g/mol. The predicted octanol–water partition coefficient (Wildman–Crippen LogP) is 4.62. The van der Waals surface area contributed by atoms with Crippen LogP contribution < -0.4 is 5.32 Å². The molecule has 0 bridgehead atoms. The minimum absolute atomic E-state index is 0.0587. The molecule has 194 valence electrons. The summed E-state index contributed by atoms with van der Waals surface area (Å²) in [4.78, 5) is 20.0. The molecule has 3 aliphatic heterocycles. The van der Waals surface area contributed by atoms with Crippen molar-refractivity contribution in [1.82, 2.24) is 9.88 Å². The molecule has 36 heavy (non-hydrogen) atoms. The topological polar surface area (TPSA) is 72.9 Å². The highest BCUT2D eigenvalue weighted by molar-refractivity contribution is 5.78. The summed E-state index contributed by atoms with van der Waals surface area (Å²) >= 11 is 0. The van der Waals surface area contributed by atoms with E-state index in [9.17, 15) is 4.79 Å². The van der Waals surface area contributed by atoms with Crippen molar-refractivity contribution in [2.45, 2.75) is 69.6 Å². The highest BCUT2D eigenvalue weighted by atomic mass is 16.5. The Balaban J connectivity index is 1.12. The van der Waals surface area contributed by atoms with Gasteiger partial charge < -0.3 is 19.5 Å². The number of likely N-dealkylation sites (tertiary alicyclic amines) is 1. The molecule has 1 N–H and O–H groups in total. The third kappa shape index (κ3) is 5.90. The van der Waals surface area contributed by atoms with Gasteiger partial charge in [-0.05, 0) is 74.1 Å². The first kappa shape index (κ1) is 25.2. The second kappa shape index (κ2) is 12.2. The molecule has 3 atom stereocenters. The molecule has 7 nitrogen and oxygen atoms in total. The SMILES string of the molecule is COC(=O)C(c1ccccc1C1CCCO1)N1CC[C@@H](OCCCCc2ccc3c(n2)NCCC3)C1. The van der Waals surface area contributed by atoms with Crippen LogP contribution in [0.3, 0.4) is 0 Å². The Morgan fingerprint density at radius 3 is 2.97 bits per heavy atom. The predicted molar refractivity (Wildman–Crippen MR) is 139 cm³/mol. The van der Waals surface area contributed by atoms with Crippen molar-refractivity contribution < 1.29 is 19.0 Å². The van der Waals surface area contributed by atoms with Gasteiger partial charge >= 0.3 is 5.97 Å². The van der Waals surface area contributed by atoms with Gasteiger partial charge in [0.1, 0.15) is 11.9 Å². The van der Waals surface area contributed by atoms with Crippen LogP contribution in [0, 0.1) is 0 Å². The molecule has 4 heterocycles. The normalized spacial score (nSPS) is 22.7. The van der Waals surface area contributed by atoms with E-state index in [2.05, 4.69) is 34.5 Å². The molecule has 1 aromatic heterocycles. The van der Waals surface area contributed by atoms with Crippen molar-refractivity contribution in [3.63, 3.8) is 0 Å². The smallest absolute Gasteiger partial charge is 0.327 e. The number of ether oxygens (including phenoxy) is 3. The summed E-state index contributed by atoms with van der Waals surface area (Å²) in [7, 11) is 1.47. The number of nitrogens with one attached hydrogen (secondary N) is 1. The molecule has 0 amide bonds. The maximum atomic E-state index is 12.9. The largest absolute Gasteiger partial charge is 0.468 e. The molecule has 7 heteroatoms. The van der Waals surface area contributed by atoms with E-state index in [1.165, 1.54) is 19.1 Å². The number of rotatable bonds is 10. The fraction of sp³-hybridized carbons (Fsp3) is 0.586. The van der Waals surface area contributed by atoms with Crippen molar-refractivity contribution in [3.8, 4) is 0 Å². The lowest BCUT2D eigenvalue weighted by Crippen LogP contribution is -2.35. The van der Waals surface area contributed by atoms with Crippen molar-refractivity contribution in [2.75, 3.05) is 45.3 Å². The lowest BCUT2D eigenvalue weighted by Gasteiger charge is -2.28. The summed E-state index contributed by atoms with van der Waals surface area (Å²) in [5, 5.41) is 3.42. The number of nitrogens with zero attached hydrogens (tertiary/aromatic N) is 2. The fourth-order valence-electron chi connectivity index (χ4n) is 5.75. The molecule has 0 spiro atoms. The highest BCUT2D eigenvalue weighted by Crippen LogP contribution is 2.37. The van der Waals surface area contributed by atoms with Crippen LogP contribution in [0.1, 0.15) is 73.1 Å². The zero-order valence-electron chi connectivity index (χ0n) is 21.4. The number of pyridine rings is 1. The zero-order valence-corrected chi connectivity index (χ0v) is 21.4. The first-order valence-electron chi connectivity index (χ1n) is 13.6. The number of carbonyl (C=O) groups excluding carboxylic acids is 1. The van der Waals surface area contributed by atoms with Crippen LogP contribution in [0.5, 0.6) is 0 Å². The number of fused-ring (bicyclic) bond motifs is 1. The van der Waals surface area contributed by atoms with Gasteiger partial charge in [-0.25, -0.2) is 9.78 Å². The number of anilines is 1. The number of aryl methyl sites for hydroxylation is 2. The second-order valence-electron chi connectivity index (χ2n) is 10.1. The number of esters is 1. The Morgan fingerprint density at radius 1 is 1.19 bits per heavy atom. The zero-order chi connectivity index (χ0) is 24.7. The van der Waals surface area contributed by atoms with Gasteiger partial charge in [0.2, 0.25) is 0 Å². The summed E-state index contributed by atoms with van der Waals surface area (Å²) < 4.78 is 17.4. The minimum Gasteiger partial charge on any atom is -0.468 e. The number of aromatic nitrogens is 1. The number of methoxy groups -OCH3 is 1. The molecule has 5 rings (SSSR count). The molecule has 2 fully saturated rings. The maximum absolute atomic E-state index is 12.9. The van der Waals surface area contributed by atoms with Crippen molar-refractivity contribution in [2.24, 2.45) is 0 Å². The van der Waals surface area contributed by atoms with E-state index in [1.807, 2.05) is 12.1 Å². The van der Waals surface area contributed by atoms with Gasteiger partial charge in [0.15, 0.2) is 0 Å². The van der Waals surface area contributed by atoms with Crippen LogP contribution in [-0.2, 0) is 31.8 Å². The van der Waals surface area contributed by atoms with Gasteiger partial charge in [-0.15, -0.1) is 0 Å². The molecule has 0 radical (unpaired) electrons. The van der Waals surface area contributed by atoms with Gasteiger partial charge in [0, 0.05) is 38.5 Å². The number of hydrogen-bond donors (Lipinski definition) is 1. The number of carbonyl (C=O) groups is 1. The van der Waals surface area contributed by atoms with E-state index < -0.39 is 6.04 Å². The Kier molecular flexibility index (Phi) is 8.51. The van der Waals surface area contributed by atoms with Gasteiger partial charge in [-0.3, -0.25) is 4.90 Å². The van der Waals surface area contributed by atoms with E-state index in [4.69, 9.17) is 19.2 Å². The Morgan fingerprint density at radius 2 is 2.11 bits per heavy atom. The van der Waals surface area contributed by atoms with Gasteiger partial charge in [0.25, 0.3) is 0 Å². The molecule has 2 unspecified atom stereocenters. The van der Waals surface area contributed by atoms with Gasteiger partial charge in [-0.1, -0.05) is 30.3 Å². The molecule has 3 aliphatic rings. The van der Waals surface area contributed by atoms with Gasteiger partial charge in [-0.2, -0.15) is 0 Å². The average Bonchev–Trinajstić information content (AvgIpc) is 3.62. The van der Waals surface area contributed by atoms with Crippen molar-refractivity contribution in [3.05, 3.63) is 58.8 Å². The number of unbranched alkanes of at least 4 members (excludes halogenated alkanes) is 1. The summed E-state index contributed by atoms with van der Waals surface area (Å²) in [5.41, 5.74) is 4.61. The molecule has 1 aromatic carbocycles. The molecular formula is C29H39N3O4. The van der Waals surface area contributed by atoms with Crippen LogP contribution >= 0.6 is 0 Å². The standard InChI is InChI=1S/C29H39N3O4/c1-34-29(33)27(25-11-3-2-10-24(25)26-12-7-19-36-26)32-17-15-23(20-32)35-18-5-4-9-22-14-13-21-8-6-16-30-28(21)31-22/h2-3,10-11,13-14,23,26-27H,4-9,12,15-20H2,1H3,(H,30,31)/t23-,26?,27?/m1/s1. The quantitative estimate of drug-likeness (QED) is 0.382. The Labute approximate surface area is 214 Å². The fourth-order valence-corrected chi connectivity index (χ4v) is 5.75. The van der Waals surface area contributed by atoms with E-state index in [0.29, 0.717) is 0 Å². The van der Waals surface area contributed by atoms with Crippen LogP contribution in [0.25, 0.3) is 0 Å². The number of hydrogen-bond acceptors (Lipinski definition) is 7. The van der Waals surface area contributed by atoms with Crippen molar-refractivity contribution >= 4 is 11.8 Å². The van der Waals surface area contributed by atoms with Gasteiger partial charge in [0.05, 0.1) is 19.3 Å². The molecule has 2 aromatic rings. The first-order valence-corrected chi connectivity index (χ1v) is 13.6. The summed E-state index contributed by atoms with van der Waals surface area (Å²) in [5.74, 6) is 0.857. The molecule has 0 saturated carbocycles. The average molecular weight is 494 g/mol. The van der Waals surface area contributed by atoms with Crippen LogP contribution in [0.15, 0.2) is 36.4 Å².